The molecule has 0 aromatic heterocycles. The Morgan fingerprint density at radius 1 is 0.867 bits per heavy atom. The molecule has 5 N–H and O–H groups in total. The SMILES string of the molecule is CC(CCCN)CCCCNCCCN. The lowest BCUT2D eigenvalue weighted by molar-refractivity contribution is 0.449. The van der Waals surface area contributed by atoms with Crippen molar-refractivity contribution >= 4 is 0 Å². The largest absolute Gasteiger partial charge is 0.330 e. The summed E-state index contributed by atoms with van der Waals surface area (Å²) in [6.45, 7) is 6.18. The molecule has 0 aliphatic rings. The lowest BCUT2D eigenvalue weighted by Crippen LogP contribution is -2.19. The topological polar surface area (TPSA) is 64.1 Å². The third-order valence-corrected chi connectivity index (χ3v) is 2.76. The molecule has 3 heteroatoms. The number of rotatable bonds is 11. The van der Waals surface area contributed by atoms with E-state index >= 15 is 0 Å². The maximum atomic E-state index is 5.48. The van der Waals surface area contributed by atoms with Gasteiger partial charge in [-0.2, -0.15) is 0 Å². The van der Waals surface area contributed by atoms with E-state index < -0.39 is 0 Å². The highest BCUT2D eigenvalue weighted by atomic mass is 14.8. The molecule has 0 aromatic rings. The first kappa shape index (κ1) is 14.9. The van der Waals surface area contributed by atoms with Crippen LogP contribution in [0.4, 0.5) is 0 Å². The fraction of sp³-hybridized carbons (Fsp3) is 1.00. The number of nitrogens with one attached hydrogen (secondary N) is 1. The van der Waals surface area contributed by atoms with E-state index in [0.717, 1.165) is 38.5 Å². The molecular weight excluding hydrogens is 186 g/mol. The Balaban J connectivity index is 3.02. The molecule has 0 spiro atoms. The molecule has 0 aliphatic carbocycles. The number of nitrogens with two attached hydrogens (primary N) is 2. The van der Waals surface area contributed by atoms with Crippen LogP contribution in [0.2, 0.25) is 0 Å². The summed E-state index contributed by atoms with van der Waals surface area (Å²) in [5, 5.41) is 3.40. The molecule has 0 rings (SSSR count). The molecule has 92 valence electrons. The van der Waals surface area contributed by atoms with Crippen LogP contribution in [0, 0.1) is 5.92 Å². The molecule has 0 heterocycles. The Morgan fingerprint density at radius 3 is 2.13 bits per heavy atom. The zero-order valence-electron chi connectivity index (χ0n) is 10.3. The van der Waals surface area contributed by atoms with Crippen LogP contribution in [-0.2, 0) is 0 Å². The van der Waals surface area contributed by atoms with Gasteiger partial charge in [-0.25, -0.2) is 0 Å². The van der Waals surface area contributed by atoms with Gasteiger partial charge in [0, 0.05) is 0 Å². The van der Waals surface area contributed by atoms with Crippen molar-refractivity contribution in [2.24, 2.45) is 17.4 Å². The molecule has 0 fully saturated rings. The number of hydrogen-bond donors (Lipinski definition) is 3. The van der Waals surface area contributed by atoms with Gasteiger partial charge in [-0.05, 0) is 57.8 Å². The first-order valence-corrected chi connectivity index (χ1v) is 6.42. The molecule has 0 radical (unpaired) electrons. The molecule has 0 aliphatic heterocycles. The summed E-state index contributed by atoms with van der Waals surface area (Å²) in [7, 11) is 0. The van der Waals surface area contributed by atoms with E-state index in [0.29, 0.717) is 0 Å². The molecule has 0 bridgehead atoms. The van der Waals surface area contributed by atoms with E-state index in [9.17, 15) is 0 Å². The average Bonchev–Trinajstić information content (AvgIpc) is 2.25. The molecule has 1 unspecified atom stereocenters. The highest BCUT2D eigenvalue weighted by molar-refractivity contribution is 4.56. The average molecular weight is 215 g/mol. The van der Waals surface area contributed by atoms with Gasteiger partial charge in [-0.15, -0.1) is 0 Å². The van der Waals surface area contributed by atoms with E-state index in [1.807, 2.05) is 0 Å². The Hall–Kier alpha value is -0.120. The summed E-state index contributed by atoms with van der Waals surface area (Å²) < 4.78 is 0. The second-order valence-electron chi connectivity index (χ2n) is 4.42. The minimum absolute atomic E-state index is 0.795. The molecule has 1 atom stereocenters. The first-order valence-electron chi connectivity index (χ1n) is 6.42. The van der Waals surface area contributed by atoms with E-state index in [-0.39, 0.29) is 0 Å². The van der Waals surface area contributed by atoms with Gasteiger partial charge in [-0.1, -0.05) is 19.8 Å². The van der Waals surface area contributed by atoms with Crippen molar-refractivity contribution in [1.29, 1.82) is 0 Å². The third kappa shape index (κ3) is 11.8. The Morgan fingerprint density at radius 2 is 1.47 bits per heavy atom. The van der Waals surface area contributed by atoms with Gasteiger partial charge in [-0.3, -0.25) is 0 Å². The van der Waals surface area contributed by atoms with Crippen molar-refractivity contribution in [2.45, 2.75) is 45.4 Å². The molecule has 15 heavy (non-hydrogen) atoms. The van der Waals surface area contributed by atoms with Crippen LogP contribution >= 0.6 is 0 Å². The van der Waals surface area contributed by atoms with Crippen LogP contribution in [0.15, 0.2) is 0 Å². The summed E-state index contributed by atoms with van der Waals surface area (Å²) >= 11 is 0. The van der Waals surface area contributed by atoms with E-state index in [2.05, 4.69) is 12.2 Å². The molecule has 0 saturated carbocycles. The van der Waals surface area contributed by atoms with Gasteiger partial charge >= 0.3 is 0 Å². The normalized spacial score (nSPS) is 13.0. The van der Waals surface area contributed by atoms with Crippen molar-refractivity contribution in [3.8, 4) is 0 Å². The van der Waals surface area contributed by atoms with Crippen molar-refractivity contribution in [3.05, 3.63) is 0 Å². The predicted octanol–water partition coefficient (Wildman–Crippen LogP) is 1.47. The smallest absolute Gasteiger partial charge is 0.00369 e. The van der Waals surface area contributed by atoms with E-state index in [4.69, 9.17) is 11.5 Å². The Labute approximate surface area is 95.0 Å². The molecule has 0 aromatic carbocycles. The second-order valence-corrected chi connectivity index (χ2v) is 4.42. The minimum Gasteiger partial charge on any atom is -0.330 e. The summed E-state index contributed by atoms with van der Waals surface area (Å²) in [4.78, 5) is 0. The number of unbranched alkanes of at least 4 members (excludes halogenated alkanes) is 1. The van der Waals surface area contributed by atoms with Crippen LogP contribution in [0.3, 0.4) is 0 Å². The van der Waals surface area contributed by atoms with Crippen LogP contribution in [-0.4, -0.2) is 26.2 Å². The maximum absolute atomic E-state index is 5.48. The zero-order chi connectivity index (χ0) is 11.4. The van der Waals surface area contributed by atoms with Crippen molar-refractivity contribution < 1.29 is 0 Å². The zero-order valence-corrected chi connectivity index (χ0v) is 10.3. The summed E-state index contributed by atoms with van der Waals surface area (Å²) in [5.41, 5.74) is 10.9. The van der Waals surface area contributed by atoms with Gasteiger partial charge < -0.3 is 16.8 Å². The standard InChI is InChI=1S/C12H29N3/c1-12(7-4-8-13)6-2-3-10-15-11-5-9-14/h12,15H,2-11,13-14H2,1H3. The van der Waals surface area contributed by atoms with Crippen LogP contribution in [0.25, 0.3) is 0 Å². The predicted molar refractivity (Wildman–Crippen MR) is 67.8 cm³/mol. The van der Waals surface area contributed by atoms with Gasteiger partial charge in [0.1, 0.15) is 0 Å². The van der Waals surface area contributed by atoms with Crippen LogP contribution in [0.5, 0.6) is 0 Å². The third-order valence-electron chi connectivity index (χ3n) is 2.76. The van der Waals surface area contributed by atoms with Gasteiger partial charge in [0.2, 0.25) is 0 Å². The molecule has 0 amide bonds. The summed E-state index contributed by atoms with van der Waals surface area (Å²) in [6, 6.07) is 0. The second kappa shape index (κ2) is 12.0. The fourth-order valence-electron chi connectivity index (χ4n) is 1.71. The Kier molecular flexibility index (Phi) is 11.9. The monoisotopic (exact) mass is 215 g/mol. The summed E-state index contributed by atoms with van der Waals surface area (Å²) in [5.74, 6) is 0.845. The molecule has 3 nitrogen and oxygen atoms in total. The van der Waals surface area contributed by atoms with E-state index in [1.165, 1.54) is 32.1 Å². The van der Waals surface area contributed by atoms with Gasteiger partial charge in [0.15, 0.2) is 0 Å². The lowest BCUT2D eigenvalue weighted by atomic mass is 9.99. The highest BCUT2D eigenvalue weighted by Crippen LogP contribution is 2.12. The maximum Gasteiger partial charge on any atom is -0.00369 e. The van der Waals surface area contributed by atoms with E-state index in [1.54, 1.807) is 0 Å². The highest BCUT2D eigenvalue weighted by Gasteiger charge is 2.00. The fourth-order valence-corrected chi connectivity index (χ4v) is 1.71. The minimum atomic E-state index is 0.795. The van der Waals surface area contributed by atoms with Crippen molar-refractivity contribution in [3.63, 3.8) is 0 Å². The molecule has 0 saturated heterocycles. The van der Waals surface area contributed by atoms with Crippen LogP contribution in [0.1, 0.15) is 45.4 Å². The summed E-state index contributed by atoms with van der Waals surface area (Å²) in [6.07, 6.45) is 7.53. The van der Waals surface area contributed by atoms with Gasteiger partial charge in [0.05, 0.1) is 0 Å². The van der Waals surface area contributed by atoms with Crippen LogP contribution < -0.4 is 16.8 Å². The van der Waals surface area contributed by atoms with Crippen molar-refractivity contribution in [2.75, 3.05) is 26.2 Å². The van der Waals surface area contributed by atoms with Crippen molar-refractivity contribution in [1.82, 2.24) is 5.32 Å². The quantitative estimate of drug-likeness (QED) is 0.457. The number of hydrogen-bond acceptors (Lipinski definition) is 3. The van der Waals surface area contributed by atoms with Gasteiger partial charge in [0.25, 0.3) is 0 Å². The molecular formula is C12H29N3. The first-order chi connectivity index (χ1) is 7.31. The Bertz CT molecular complexity index is 117. The lowest BCUT2D eigenvalue weighted by Gasteiger charge is -2.10.